The van der Waals surface area contributed by atoms with Crippen LogP contribution in [0.2, 0.25) is 0 Å². The lowest BCUT2D eigenvalue weighted by Gasteiger charge is -2.16. The van der Waals surface area contributed by atoms with E-state index in [0.29, 0.717) is 25.3 Å². The van der Waals surface area contributed by atoms with Gasteiger partial charge in [0.2, 0.25) is 0 Å². The fourth-order valence-corrected chi connectivity index (χ4v) is 1.69. The van der Waals surface area contributed by atoms with Crippen LogP contribution in [0.5, 0.6) is 0 Å². The molecule has 1 aliphatic rings. The first kappa shape index (κ1) is 11.2. The summed E-state index contributed by atoms with van der Waals surface area (Å²) >= 11 is 0. The second kappa shape index (κ2) is 3.93. The molecule has 3 nitrogen and oxygen atoms in total. The molecule has 1 saturated heterocycles. The monoisotopic (exact) mass is 232 g/mol. The van der Waals surface area contributed by atoms with Crippen LogP contribution in [0.4, 0.5) is 19.0 Å². The Morgan fingerprint density at radius 2 is 2.12 bits per heavy atom. The van der Waals surface area contributed by atoms with E-state index in [0.717, 1.165) is 12.3 Å². The summed E-state index contributed by atoms with van der Waals surface area (Å²) in [5.74, 6) is 0.476. The molecular weight excluding hydrogens is 221 g/mol. The molecule has 1 aromatic heterocycles. The number of anilines is 1. The van der Waals surface area contributed by atoms with Gasteiger partial charge in [0.05, 0.1) is 11.7 Å². The molecule has 1 aromatic rings. The van der Waals surface area contributed by atoms with Gasteiger partial charge in [-0.2, -0.15) is 13.2 Å². The average Bonchev–Trinajstić information content (AvgIpc) is 2.64. The number of hydrogen-bond donors (Lipinski definition) is 1. The maximum absolute atomic E-state index is 12.3. The number of nitrogens with zero attached hydrogens (tertiary/aromatic N) is 2. The van der Waals surface area contributed by atoms with Gasteiger partial charge in [-0.05, 0) is 18.6 Å². The molecule has 6 heteroatoms. The first-order chi connectivity index (χ1) is 7.47. The van der Waals surface area contributed by atoms with Crippen LogP contribution in [0.25, 0.3) is 0 Å². The van der Waals surface area contributed by atoms with Crippen molar-refractivity contribution >= 4 is 5.82 Å². The Morgan fingerprint density at radius 1 is 1.38 bits per heavy atom. The number of rotatable bonds is 1. The van der Waals surface area contributed by atoms with Crippen LogP contribution in [-0.4, -0.2) is 29.3 Å². The van der Waals surface area contributed by atoms with Crippen LogP contribution in [0.3, 0.4) is 0 Å². The zero-order chi connectivity index (χ0) is 11.8. The van der Waals surface area contributed by atoms with Crippen molar-refractivity contribution in [2.75, 3.05) is 18.0 Å². The molecule has 1 fully saturated rings. The number of aromatic nitrogens is 1. The lowest BCUT2D eigenvalue weighted by molar-refractivity contribution is -0.137. The zero-order valence-electron chi connectivity index (χ0n) is 8.41. The Labute approximate surface area is 90.5 Å². The molecule has 88 valence electrons. The first-order valence-electron chi connectivity index (χ1n) is 4.93. The highest BCUT2D eigenvalue weighted by Crippen LogP contribution is 2.29. The highest BCUT2D eigenvalue weighted by molar-refractivity contribution is 5.41. The van der Waals surface area contributed by atoms with Crippen LogP contribution in [0.15, 0.2) is 18.3 Å². The van der Waals surface area contributed by atoms with Crippen molar-refractivity contribution in [3.05, 3.63) is 23.9 Å². The summed E-state index contributed by atoms with van der Waals surface area (Å²) in [5, 5.41) is 9.30. The minimum Gasteiger partial charge on any atom is -0.391 e. The summed E-state index contributed by atoms with van der Waals surface area (Å²) in [4.78, 5) is 5.53. The van der Waals surface area contributed by atoms with Gasteiger partial charge < -0.3 is 10.0 Å². The molecule has 0 radical (unpaired) electrons. The second-order valence-electron chi connectivity index (χ2n) is 3.79. The summed E-state index contributed by atoms with van der Waals surface area (Å²) in [6.07, 6.45) is -3.32. The number of alkyl halides is 3. The molecule has 0 saturated carbocycles. The fraction of sp³-hybridized carbons (Fsp3) is 0.500. The molecule has 1 atom stereocenters. The van der Waals surface area contributed by atoms with Gasteiger partial charge in [0, 0.05) is 19.3 Å². The van der Waals surface area contributed by atoms with E-state index in [9.17, 15) is 18.3 Å². The molecule has 2 heterocycles. The molecule has 16 heavy (non-hydrogen) atoms. The SMILES string of the molecule is OC1CCN(c2ccc(C(F)(F)F)cn2)C1. The van der Waals surface area contributed by atoms with E-state index in [1.54, 1.807) is 4.90 Å². The third-order valence-electron chi connectivity index (χ3n) is 2.56. The molecule has 1 unspecified atom stereocenters. The van der Waals surface area contributed by atoms with Crippen LogP contribution in [0, 0.1) is 0 Å². The number of hydrogen-bond acceptors (Lipinski definition) is 3. The second-order valence-corrected chi connectivity index (χ2v) is 3.79. The van der Waals surface area contributed by atoms with Crippen molar-refractivity contribution in [3.63, 3.8) is 0 Å². The Bertz CT molecular complexity index is 363. The highest BCUT2D eigenvalue weighted by atomic mass is 19.4. The van der Waals surface area contributed by atoms with Gasteiger partial charge in [0.25, 0.3) is 0 Å². The topological polar surface area (TPSA) is 36.4 Å². The minimum atomic E-state index is -4.35. The quantitative estimate of drug-likeness (QED) is 0.800. The summed E-state index contributed by atoms with van der Waals surface area (Å²) < 4.78 is 36.8. The van der Waals surface area contributed by atoms with Crippen molar-refractivity contribution in [2.24, 2.45) is 0 Å². The normalized spacial score (nSPS) is 21.5. The molecule has 2 rings (SSSR count). The van der Waals surface area contributed by atoms with Crippen molar-refractivity contribution in [1.29, 1.82) is 0 Å². The van der Waals surface area contributed by atoms with Crippen LogP contribution in [-0.2, 0) is 6.18 Å². The van der Waals surface area contributed by atoms with E-state index < -0.39 is 17.8 Å². The van der Waals surface area contributed by atoms with Gasteiger partial charge in [-0.3, -0.25) is 0 Å². The predicted molar refractivity (Wildman–Crippen MR) is 52.1 cm³/mol. The molecule has 0 amide bonds. The summed E-state index contributed by atoms with van der Waals surface area (Å²) in [7, 11) is 0. The summed E-state index contributed by atoms with van der Waals surface area (Å²) in [6, 6.07) is 2.34. The van der Waals surface area contributed by atoms with E-state index in [1.165, 1.54) is 6.07 Å². The minimum absolute atomic E-state index is 0.413. The smallest absolute Gasteiger partial charge is 0.391 e. The number of aliphatic hydroxyl groups is 1. The summed E-state index contributed by atoms with van der Waals surface area (Å²) in [6.45, 7) is 1.05. The van der Waals surface area contributed by atoms with Gasteiger partial charge in [-0.15, -0.1) is 0 Å². The molecule has 1 aliphatic heterocycles. The lowest BCUT2D eigenvalue weighted by atomic mass is 10.3. The maximum Gasteiger partial charge on any atom is 0.417 e. The van der Waals surface area contributed by atoms with Crippen molar-refractivity contribution in [1.82, 2.24) is 4.98 Å². The highest BCUT2D eigenvalue weighted by Gasteiger charge is 2.31. The van der Waals surface area contributed by atoms with Crippen molar-refractivity contribution in [2.45, 2.75) is 18.7 Å². The lowest BCUT2D eigenvalue weighted by Crippen LogP contribution is -2.22. The van der Waals surface area contributed by atoms with Crippen molar-refractivity contribution in [3.8, 4) is 0 Å². The fourth-order valence-electron chi connectivity index (χ4n) is 1.69. The van der Waals surface area contributed by atoms with Gasteiger partial charge in [0.1, 0.15) is 5.82 Å². The van der Waals surface area contributed by atoms with E-state index in [-0.39, 0.29) is 0 Å². The van der Waals surface area contributed by atoms with Crippen LogP contribution >= 0.6 is 0 Å². The average molecular weight is 232 g/mol. The van der Waals surface area contributed by atoms with E-state index in [1.807, 2.05) is 0 Å². The molecular formula is C10H11F3N2O. The predicted octanol–water partition coefficient (Wildman–Crippen LogP) is 1.67. The van der Waals surface area contributed by atoms with Gasteiger partial charge >= 0.3 is 6.18 Å². The Balaban J connectivity index is 2.14. The third-order valence-corrected chi connectivity index (χ3v) is 2.56. The molecule has 0 aromatic carbocycles. The largest absolute Gasteiger partial charge is 0.417 e. The van der Waals surface area contributed by atoms with E-state index >= 15 is 0 Å². The number of pyridine rings is 1. The molecule has 0 aliphatic carbocycles. The van der Waals surface area contributed by atoms with Gasteiger partial charge in [0.15, 0.2) is 0 Å². The van der Waals surface area contributed by atoms with Crippen molar-refractivity contribution < 1.29 is 18.3 Å². The molecule has 0 bridgehead atoms. The Morgan fingerprint density at radius 3 is 2.56 bits per heavy atom. The standard InChI is InChI=1S/C10H11F3N2O/c11-10(12,13)7-1-2-9(14-5-7)15-4-3-8(16)6-15/h1-2,5,8,16H,3-4,6H2. The maximum atomic E-state index is 12.3. The third kappa shape index (κ3) is 2.27. The number of β-amino-alcohol motifs (C(OH)–C–C–N with tert-alkyl or cyclic N) is 1. The van der Waals surface area contributed by atoms with Gasteiger partial charge in [-0.25, -0.2) is 4.98 Å². The first-order valence-corrected chi connectivity index (χ1v) is 4.93. The number of halogens is 3. The van der Waals surface area contributed by atoms with Crippen LogP contribution in [0.1, 0.15) is 12.0 Å². The number of aliphatic hydroxyl groups excluding tert-OH is 1. The zero-order valence-corrected chi connectivity index (χ0v) is 8.41. The Kier molecular flexibility index (Phi) is 2.75. The summed E-state index contributed by atoms with van der Waals surface area (Å²) in [5.41, 5.74) is -0.754. The van der Waals surface area contributed by atoms with E-state index in [4.69, 9.17) is 0 Å². The molecule has 0 spiro atoms. The van der Waals surface area contributed by atoms with E-state index in [2.05, 4.69) is 4.98 Å². The van der Waals surface area contributed by atoms with Crippen LogP contribution < -0.4 is 4.90 Å². The van der Waals surface area contributed by atoms with Gasteiger partial charge in [-0.1, -0.05) is 0 Å². The Hall–Kier alpha value is -1.30. The molecule has 1 N–H and O–H groups in total.